The van der Waals surface area contributed by atoms with Gasteiger partial charge >= 0.3 is 6.09 Å². The molecule has 0 spiro atoms. The molecule has 2 amide bonds. The molecule has 0 radical (unpaired) electrons. The molecule has 1 aliphatic heterocycles. The molecule has 0 unspecified atom stereocenters. The van der Waals surface area contributed by atoms with Crippen LogP contribution in [0.1, 0.15) is 32.6 Å². The average Bonchev–Trinajstić information content (AvgIpc) is 3.04. The number of hydrogen-bond donors (Lipinski definition) is 0. The fourth-order valence-electron chi connectivity index (χ4n) is 2.38. The summed E-state index contributed by atoms with van der Waals surface area (Å²) in [7, 11) is 0. The van der Waals surface area contributed by atoms with Crippen molar-refractivity contribution in [3.05, 3.63) is 5.82 Å². The molecule has 0 aromatic carbocycles. The average molecular weight is 356 g/mol. The Kier molecular flexibility index (Phi) is 6.83. The fraction of sp³-hybridized carbons (Fsp3) is 0.786. The van der Waals surface area contributed by atoms with Gasteiger partial charge in [-0.25, -0.2) is 9.48 Å². The van der Waals surface area contributed by atoms with E-state index in [4.69, 9.17) is 4.74 Å². The van der Waals surface area contributed by atoms with Crippen LogP contribution >= 0.6 is 11.8 Å². The fourth-order valence-corrected chi connectivity index (χ4v) is 3.21. The highest BCUT2D eigenvalue weighted by Crippen LogP contribution is 2.14. The molecule has 0 bridgehead atoms. The van der Waals surface area contributed by atoms with Crippen LogP contribution in [0.15, 0.2) is 0 Å². The van der Waals surface area contributed by atoms with Gasteiger partial charge in [0.2, 0.25) is 5.91 Å². The van der Waals surface area contributed by atoms with Gasteiger partial charge in [-0.2, -0.15) is 0 Å². The first-order valence-corrected chi connectivity index (χ1v) is 9.22. The molecule has 0 aliphatic carbocycles. The number of tetrazole rings is 1. The predicted octanol–water partition coefficient (Wildman–Crippen LogP) is 0.788. The Morgan fingerprint density at radius 1 is 1.21 bits per heavy atom. The van der Waals surface area contributed by atoms with E-state index in [2.05, 4.69) is 15.5 Å². The lowest BCUT2D eigenvalue weighted by atomic mass is 10.3. The lowest BCUT2D eigenvalue weighted by Crippen LogP contribution is -2.51. The van der Waals surface area contributed by atoms with Crippen molar-refractivity contribution < 1.29 is 14.3 Å². The maximum absolute atomic E-state index is 12.3. The van der Waals surface area contributed by atoms with E-state index < -0.39 is 0 Å². The maximum Gasteiger partial charge on any atom is 0.409 e. The Morgan fingerprint density at radius 3 is 2.50 bits per heavy atom. The molecule has 10 heteroatoms. The van der Waals surface area contributed by atoms with E-state index in [-0.39, 0.29) is 18.0 Å². The first-order valence-electron chi connectivity index (χ1n) is 8.06. The quantitative estimate of drug-likeness (QED) is 0.744. The molecule has 9 nitrogen and oxygen atoms in total. The third kappa shape index (κ3) is 4.83. The predicted molar refractivity (Wildman–Crippen MR) is 89.5 cm³/mol. The first kappa shape index (κ1) is 18.5. The van der Waals surface area contributed by atoms with E-state index in [1.807, 2.05) is 13.8 Å². The van der Waals surface area contributed by atoms with Gasteiger partial charge in [0.1, 0.15) is 0 Å². The highest BCUT2D eigenvalue weighted by molar-refractivity contribution is 7.99. The highest BCUT2D eigenvalue weighted by atomic mass is 32.2. The minimum absolute atomic E-state index is 0.0760. The number of nitrogens with zero attached hydrogens (tertiary/aromatic N) is 6. The smallest absolute Gasteiger partial charge is 0.409 e. The van der Waals surface area contributed by atoms with Gasteiger partial charge in [-0.3, -0.25) is 4.79 Å². The number of thioether (sulfide) groups is 1. The number of amides is 2. The number of carbonyl (C=O) groups is 2. The molecule has 1 aliphatic rings. The van der Waals surface area contributed by atoms with Crippen LogP contribution in [0.4, 0.5) is 4.79 Å². The summed E-state index contributed by atoms with van der Waals surface area (Å²) in [5.41, 5.74) is 0. The van der Waals surface area contributed by atoms with Crippen molar-refractivity contribution in [1.29, 1.82) is 0 Å². The summed E-state index contributed by atoms with van der Waals surface area (Å²) in [4.78, 5) is 27.3. The zero-order chi connectivity index (χ0) is 17.5. The van der Waals surface area contributed by atoms with Crippen LogP contribution in [-0.4, -0.2) is 80.5 Å². The number of aromatic nitrogens is 4. The van der Waals surface area contributed by atoms with Crippen molar-refractivity contribution in [1.82, 2.24) is 30.0 Å². The van der Waals surface area contributed by atoms with Gasteiger partial charge in [0.25, 0.3) is 0 Å². The van der Waals surface area contributed by atoms with Gasteiger partial charge in [0, 0.05) is 26.2 Å². The van der Waals surface area contributed by atoms with Gasteiger partial charge in [-0.1, -0.05) is 0 Å². The lowest BCUT2D eigenvalue weighted by Gasteiger charge is -2.34. The molecule has 1 aromatic heterocycles. The molecule has 1 fully saturated rings. The largest absolute Gasteiger partial charge is 0.450 e. The molecular weight excluding hydrogens is 332 g/mol. The number of rotatable bonds is 6. The van der Waals surface area contributed by atoms with E-state index in [1.165, 1.54) is 11.8 Å². The summed E-state index contributed by atoms with van der Waals surface area (Å²) in [5, 5.41) is 11.6. The number of hydrogen-bond acceptors (Lipinski definition) is 7. The minimum Gasteiger partial charge on any atom is -0.450 e. The van der Waals surface area contributed by atoms with Crippen molar-refractivity contribution in [2.75, 3.05) is 38.5 Å². The van der Waals surface area contributed by atoms with Crippen molar-refractivity contribution in [2.24, 2.45) is 0 Å². The summed E-state index contributed by atoms with van der Waals surface area (Å²) in [6.45, 7) is 8.29. The number of ether oxygens (including phenoxy) is 1. The molecule has 1 saturated heterocycles. The van der Waals surface area contributed by atoms with Crippen molar-refractivity contribution in [3.8, 4) is 0 Å². The summed E-state index contributed by atoms with van der Waals surface area (Å²) >= 11 is 1.50. The molecule has 1 aromatic rings. The van der Waals surface area contributed by atoms with Crippen LogP contribution in [0.2, 0.25) is 0 Å². The van der Waals surface area contributed by atoms with E-state index in [9.17, 15) is 9.59 Å². The van der Waals surface area contributed by atoms with E-state index in [0.29, 0.717) is 44.3 Å². The normalized spacial score (nSPS) is 15.0. The Hall–Kier alpha value is -1.84. The van der Waals surface area contributed by atoms with E-state index >= 15 is 0 Å². The van der Waals surface area contributed by atoms with Gasteiger partial charge in [-0.15, -0.1) is 16.9 Å². The third-order valence-corrected chi connectivity index (χ3v) is 4.58. The van der Waals surface area contributed by atoms with Crippen LogP contribution in [0.25, 0.3) is 0 Å². The van der Waals surface area contributed by atoms with Crippen LogP contribution in [-0.2, 0) is 15.3 Å². The lowest BCUT2D eigenvalue weighted by molar-refractivity contribution is -0.129. The van der Waals surface area contributed by atoms with Crippen LogP contribution in [0, 0.1) is 0 Å². The first-order chi connectivity index (χ1) is 11.5. The second-order valence-corrected chi connectivity index (χ2v) is 6.68. The molecule has 24 heavy (non-hydrogen) atoms. The van der Waals surface area contributed by atoms with Gasteiger partial charge in [-0.05, 0) is 31.2 Å². The Morgan fingerprint density at radius 2 is 1.88 bits per heavy atom. The number of carbonyl (C=O) groups excluding carboxylic acids is 2. The second kappa shape index (κ2) is 8.86. The zero-order valence-electron chi connectivity index (χ0n) is 14.3. The van der Waals surface area contributed by atoms with Crippen LogP contribution in [0.5, 0.6) is 0 Å². The monoisotopic (exact) mass is 356 g/mol. The molecule has 0 N–H and O–H groups in total. The topological polar surface area (TPSA) is 93.4 Å². The van der Waals surface area contributed by atoms with Crippen molar-refractivity contribution >= 4 is 23.8 Å². The van der Waals surface area contributed by atoms with E-state index in [1.54, 1.807) is 21.4 Å². The zero-order valence-corrected chi connectivity index (χ0v) is 15.2. The van der Waals surface area contributed by atoms with Crippen molar-refractivity contribution in [3.63, 3.8) is 0 Å². The maximum atomic E-state index is 12.3. The molecule has 0 atom stereocenters. The second-order valence-electron chi connectivity index (χ2n) is 5.69. The van der Waals surface area contributed by atoms with Gasteiger partial charge < -0.3 is 14.5 Å². The third-order valence-electron chi connectivity index (χ3n) is 3.67. The number of piperazine rings is 1. The standard InChI is InChI=1S/C14H24N6O3S/c1-4-23-14(22)19-7-5-18(6-8-19)13(21)10-24-9-12-15-16-17-20(12)11(2)3/h11H,4-10H2,1-3H3. The Labute approximate surface area is 145 Å². The molecule has 2 heterocycles. The summed E-state index contributed by atoms with van der Waals surface area (Å²) in [5.74, 6) is 1.83. The van der Waals surface area contributed by atoms with Crippen LogP contribution in [0.3, 0.4) is 0 Å². The van der Waals surface area contributed by atoms with Gasteiger partial charge in [0.05, 0.1) is 24.2 Å². The Balaban J connectivity index is 1.72. The van der Waals surface area contributed by atoms with E-state index in [0.717, 1.165) is 5.82 Å². The minimum atomic E-state index is -0.306. The highest BCUT2D eigenvalue weighted by Gasteiger charge is 2.24. The molecule has 134 valence electrons. The molecule has 2 rings (SSSR count). The summed E-state index contributed by atoms with van der Waals surface area (Å²) < 4.78 is 6.73. The van der Waals surface area contributed by atoms with Crippen molar-refractivity contribution in [2.45, 2.75) is 32.6 Å². The summed E-state index contributed by atoms with van der Waals surface area (Å²) in [6, 6.07) is 0.197. The molecular formula is C14H24N6O3S. The Bertz CT molecular complexity index is 556. The van der Waals surface area contributed by atoms with Gasteiger partial charge in [0.15, 0.2) is 5.82 Å². The molecule has 0 saturated carbocycles. The summed E-state index contributed by atoms with van der Waals surface area (Å²) in [6.07, 6.45) is -0.306. The SMILES string of the molecule is CCOC(=O)N1CCN(C(=O)CSCc2nnnn2C(C)C)CC1. The van der Waals surface area contributed by atoms with Crippen LogP contribution < -0.4 is 0 Å².